The van der Waals surface area contributed by atoms with Gasteiger partial charge in [-0.05, 0) is 66.0 Å². The van der Waals surface area contributed by atoms with Crippen molar-refractivity contribution >= 4 is 53.6 Å². The number of rotatable bonds is 4. The Labute approximate surface area is 157 Å². The van der Waals surface area contributed by atoms with Crippen molar-refractivity contribution in [3.8, 4) is 23.0 Å². The molecule has 2 aromatic carbocycles. The Bertz CT molecular complexity index is 789. The van der Waals surface area contributed by atoms with Crippen LogP contribution in [0.2, 0.25) is 0 Å². The largest absolute Gasteiger partial charge is 0.504 e. The van der Waals surface area contributed by atoms with Crippen molar-refractivity contribution < 1.29 is 24.5 Å². The van der Waals surface area contributed by atoms with Crippen LogP contribution in [0.1, 0.15) is 15.9 Å². The quantitative estimate of drug-likeness (QED) is 0.463. The van der Waals surface area contributed by atoms with Crippen LogP contribution in [0.4, 0.5) is 0 Å². The number of carbonyl (C=O) groups excluding carboxylic acids is 1. The molecule has 0 aliphatic heterocycles. The number of ketones is 1. The van der Waals surface area contributed by atoms with E-state index in [2.05, 4.69) is 47.8 Å². The Morgan fingerprint density at radius 3 is 2.04 bits per heavy atom. The standard InChI is InChI=1S/C15H11Br3O5/c1-22-10-4-6(8(16)5-11(10)23-2)14(20)7-3-9(19)15(21)13(18)12(7)17/h3-5,19,21H,1-2H3. The van der Waals surface area contributed by atoms with Gasteiger partial charge in [-0.25, -0.2) is 0 Å². The van der Waals surface area contributed by atoms with Crippen LogP contribution in [0.15, 0.2) is 31.6 Å². The maximum atomic E-state index is 12.8. The highest BCUT2D eigenvalue weighted by Crippen LogP contribution is 2.43. The Hall–Kier alpha value is -1.25. The third-order valence-electron chi connectivity index (χ3n) is 3.12. The average molecular weight is 511 g/mol. The van der Waals surface area contributed by atoms with Gasteiger partial charge in [0.1, 0.15) is 0 Å². The highest BCUT2D eigenvalue weighted by Gasteiger charge is 2.23. The van der Waals surface area contributed by atoms with Gasteiger partial charge >= 0.3 is 0 Å². The summed E-state index contributed by atoms with van der Waals surface area (Å²) in [6.07, 6.45) is 0. The first kappa shape index (κ1) is 18.1. The molecular formula is C15H11Br3O5. The van der Waals surface area contributed by atoms with Gasteiger partial charge in [0.2, 0.25) is 0 Å². The molecule has 0 aromatic heterocycles. The number of phenols is 2. The molecule has 23 heavy (non-hydrogen) atoms. The lowest BCUT2D eigenvalue weighted by Gasteiger charge is -2.13. The molecule has 122 valence electrons. The van der Waals surface area contributed by atoms with Crippen LogP contribution in [0.5, 0.6) is 23.0 Å². The van der Waals surface area contributed by atoms with Crippen LogP contribution < -0.4 is 9.47 Å². The third-order valence-corrected chi connectivity index (χ3v) is 5.91. The van der Waals surface area contributed by atoms with Crippen molar-refractivity contribution in [1.82, 2.24) is 0 Å². The predicted octanol–water partition coefficient (Wildman–Crippen LogP) is 4.63. The van der Waals surface area contributed by atoms with Gasteiger partial charge in [0.05, 0.1) is 18.7 Å². The normalized spacial score (nSPS) is 10.5. The number of methoxy groups -OCH3 is 2. The van der Waals surface area contributed by atoms with Crippen molar-refractivity contribution in [3.05, 3.63) is 42.7 Å². The molecule has 0 fully saturated rings. The van der Waals surface area contributed by atoms with Crippen molar-refractivity contribution in [2.45, 2.75) is 0 Å². The summed E-state index contributed by atoms with van der Waals surface area (Å²) >= 11 is 9.70. The minimum Gasteiger partial charge on any atom is -0.504 e. The number of benzene rings is 2. The zero-order chi connectivity index (χ0) is 17.3. The molecule has 2 N–H and O–H groups in total. The maximum absolute atomic E-state index is 12.8. The van der Waals surface area contributed by atoms with Gasteiger partial charge in [0.15, 0.2) is 28.8 Å². The van der Waals surface area contributed by atoms with E-state index in [0.717, 1.165) is 0 Å². The highest BCUT2D eigenvalue weighted by atomic mass is 79.9. The Kier molecular flexibility index (Phi) is 5.59. The minimum absolute atomic E-state index is 0.181. The summed E-state index contributed by atoms with van der Waals surface area (Å²) in [4.78, 5) is 12.8. The summed E-state index contributed by atoms with van der Waals surface area (Å²) in [6.45, 7) is 0. The van der Waals surface area contributed by atoms with E-state index < -0.39 is 5.75 Å². The zero-order valence-corrected chi connectivity index (χ0v) is 16.7. The fourth-order valence-corrected chi connectivity index (χ4v) is 3.34. The monoisotopic (exact) mass is 508 g/mol. The number of hydrogen-bond acceptors (Lipinski definition) is 5. The molecule has 0 radical (unpaired) electrons. The molecule has 0 heterocycles. The van der Waals surface area contributed by atoms with Gasteiger partial charge in [0.25, 0.3) is 0 Å². The highest BCUT2D eigenvalue weighted by molar-refractivity contribution is 9.13. The van der Waals surface area contributed by atoms with Gasteiger partial charge in [-0.15, -0.1) is 0 Å². The predicted molar refractivity (Wildman–Crippen MR) is 95.9 cm³/mol. The Morgan fingerprint density at radius 1 is 0.913 bits per heavy atom. The van der Waals surface area contributed by atoms with Gasteiger partial charge < -0.3 is 19.7 Å². The fourth-order valence-electron chi connectivity index (χ4n) is 1.94. The number of halogens is 3. The van der Waals surface area contributed by atoms with Crippen LogP contribution >= 0.6 is 47.8 Å². The first-order valence-electron chi connectivity index (χ1n) is 6.18. The number of hydrogen-bond donors (Lipinski definition) is 2. The van der Waals surface area contributed by atoms with E-state index in [9.17, 15) is 15.0 Å². The van der Waals surface area contributed by atoms with Crippen molar-refractivity contribution in [1.29, 1.82) is 0 Å². The van der Waals surface area contributed by atoms with E-state index in [-0.39, 0.29) is 21.6 Å². The molecule has 0 unspecified atom stereocenters. The van der Waals surface area contributed by atoms with Gasteiger partial charge in [-0.3, -0.25) is 4.79 Å². The molecule has 2 rings (SSSR count). The van der Waals surface area contributed by atoms with Crippen molar-refractivity contribution in [3.63, 3.8) is 0 Å². The number of carbonyl (C=O) groups is 1. The SMILES string of the molecule is COc1cc(Br)c(C(=O)c2cc(O)c(O)c(Br)c2Br)cc1OC. The Balaban J connectivity index is 2.62. The van der Waals surface area contributed by atoms with E-state index in [4.69, 9.17) is 9.47 Å². The van der Waals surface area contributed by atoms with Crippen LogP contribution in [-0.2, 0) is 0 Å². The second kappa shape index (κ2) is 7.11. The summed E-state index contributed by atoms with van der Waals surface area (Å²) in [5.41, 5.74) is 0.500. The summed E-state index contributed by atoms with van der Waals surface area (Å²) in [5, 5.41) is 19.4. The molecule has 8 heteroatoms. The minimum atomic E-state index is -0.403. The summed E-state index contributed by atoms with van der Waals surface area (Å²) in [6, 6.07) is 4.35. The molecule has 0 amide bonds. The topological polar surface area (TPSA) is 76.0 Å². The van der Waals surface area contributed by atoms with Crippen molar-refractivity contribution in [2.24, 2.45) is 0 Å². The molecule has 5 nitrogen and oxygen atoms in total. The van der Waals surface area contributed by atoms with Crippen LogP contribution in [0.3, 0.4) is 0 Å². The molecule has 0 atom stereocenters. The molecule has 0 aliphatic carbocycles. The second-order valence-electron chi connectivity index (χ2n) is 4.44. The number of phenolic OH excluding ortho intramolecular Hbond substituents is 2. The lowest BCUT2D eigenvalue weighted by atomic mass is 10.0. The molecule has 0 saturated carbocycles. The van der Waals surface area contributed by atoms with Crippen LogP contribution in [0.25, 0.3) is 0 Å². The molecule has 2 aromatic rings. The summed E-state index contributed by atoms with van der Waals surface area (Å²) in [7, 11) is 2.97. The molecule has 0 spiro atoms. The van der Waals surface area contributed by atoms with E-state index in [1.807, 2.05) is 0 Å². The lowest BCUT2D eigenvalue weighted by molar-refractivity contribution is 0.103. The number of aromatic hydroxyl groups is 2. The van der Waals surface area contributed by atoms with E-state index in [0.29, 0.717) is 26.0 Å². The summed E-state index contributed by atoms with van der Waals surface area (Å²) in [5.74, 6) is -0.248. The maximum Gasteiger partial charge on any atom is 0.195 e. The first-order chi connectivity index (χ1) is 10.8. The molecular weight excluding hydrogens is 500 g/mol. The zero-order valence-electron chi connectivity index (χ0n) is 12.0. The van der Waals surface area contributed by atoms with E-state index in [1.165, 1.54) is 26.4 Å². The van der Waals surface area contributed by atoms with Gasteiger partial charge in [0, 0.05) is 20.1 Å². The van der Waals surface area contributed by atoms with E-state index >= 15 is 0 Å². The summed E-state index contributed by atoms with van der Waals surface area (Å²) < 4.78 is 11.4. The Morgan fingerprint density at radius 2 is 1.48 bits per heavy atom. The van der Waals surface area contributed by atoms with Gasteiger partial charge in [-0.2, -0.15) is 0 Å². The third kappa shape index (κ3) is 3.34. The molecule has 0 aliphatic rings. The lowest BCUT2D eigenvalue weighted by Crippen LogP contribution is -2.05. The first-order valence-corrected chi connectivity index (χ1v) is 8.55. The van der Waals surface area contributed by atoms with Gasteiger partial charge in [-0.1, -0.05) is 0 Å². The average Bonchev–Trinajstić information content (AvgIpc) is 2.55. The van der Waals surface area contributed by atoms with Crippen LogP contribution in [0, 0.1) is 0 Å². The molecule has 0 bridgehead atoms. The second-order valence-corrected chi connectivity index (χ2v) is 6.88. The fraction of sp³-hybridized carbons (Fsp3) is 0.133. The smallest absolute Gasteiger partial charge is 0.195 e. The number of ether oxygens (including phenoxy) is 2. The van der Waals surface area contributed by atoms with E-state index in [1.54, 1.807) is 6.07 Å². The van der Waals surface area contributed by atoms with Crippen LogP contribution in [-0.4, -0.2) is 30.2 Å². The van der Waals surface area contributed by atoms with Crippen molar-refractivity contribution in [2.75, 3.05) is 14.2 Å². The molecule has 0 saturated heterocycles.